The number of hydrogen-bond donors (Lipinski definition) is 2. The molecule has 0 aliphatic carbocycles. The standard InChI is InChI=1S/C27H29F2N7O2S/c1-8-14(2)38-20-13-32-22-19(34-20)9-10-31-23(22)33-16-11-17(21(29)18(28)12-16)26(4)15(3)27(5,24(37)36(6)7)39-25(30)35-26/h1,9-15H,2-7H3,(H2,30,35)(H,31,33)/t14-,15-,26-,27-/m0/s1. The average Bonchev–Trinajstić information content (AvgIpc) is 2.88. The van der Waals surface area contributed by atoms with Crippen molar-refractivity contribution in [3.63, 3.8) is 0 Å². The smallest absolute Gasteiger partial charge is 0.238 e. The van der Waals surface area contributed by atoms with Crippen molar-refractivity contribution in [2.24, 2.45) is 16.6 Å². The van der Waals surface area contributed by atoms with Gasteiger partial charge < -0.3 is 20.7 Å². The zero-order valence-electron chi connectivity index (χ0n) is 22.4. The van der Waals surface area contributed by atoms with Crippen molar-refractivity contribution in [1.82, 2.24) is 19.9 Å². The molecule has 9 nitrogen and oxygen atoms in total. The van der Waals surface area contributed by atoms with Crippen molar-refractivity contribution in [1.29, 1.82) is 0 Å². The van der Waals surface area contributed by atoms with Gasteiger partial charge in [0.25, 0.3) is 0 Å². The van der Waals surface area contributed by atoms with Crippen LogP contribution in [0.2, 0.25) is 0 Å². The molecule has 0 saturated carbocycles. The fourth-order valence-electron chi connectivity index (χ4n) is 4.62. The molecule has 12 heteroatoms. The van der Waals surface area contributed by atoms with Crippen LogP contribution in [0.1, 0.15) is 33.3 Å². The summed E-state index contributed by atoms with van der Waals surface area (Å²) >= 11 is 1.11. The van der Waals surface area contributed by atoms with Crippen LogP contribution in [-0.4, -0.2) is 55.9 Å². The van der Waals surface area contributed by atoms with E-state index in [1.54, 1.807) is 47.9 Å². The average molecular weight is 554 g/mol. The SMILES string of the molecule is C#C[C@H](C)Oc1cnc2c(Nc3cc(F)c(F)c([C@@]4(C)N=C(N)S[C@](C)(C(=O)N(C)C)[C@H]4C)c3)nccc2n1. The summed E-state index contributed by atoms with van der Waals surface area (Å²) in [5.41, 5.74) is 5.78. The van der Waals surface area contributed by atoms with E-state index in [0.717, 1.165) is 17.8 Å². The van der Waals surface area contributed by atoms with Gasteiger partial charge in [-0.1, -0.05) is 24.6 Å². The molecule has 1 aliphatic heterocycles. The summed E-state index contributed by atoms with van der Waals surface area (Å²) in [7, 11) is 3.27. The minimum Gasteiger partial charge on any atom is -0.460 e. The van der Waals surface area contributed by atoms with Gasteiger partial charge in [-0.2, -0.15) is 0 Å². The lowest BCUT2D eigenvalue weighted by Gasteiger charge is -2.47. The molecule has 0 bridgehead atoms. The molecule has 3 N–H and O–H groups in total. The van der Waals surface area contributed by atoms with Crippen molar-refractivity contribution in [2.75, 3.05) is 19.4 Å². The molecular weight excluding hydrogens is 524 g/mol. The molecule has 1 amide bonds. The Morgan fingerprint density at radius 2 is 2.03 bits per heavy atom. The van der Waals surface area contributed by atoms with E-state index in [1.807, 2.05) is 0 Å². The van der Waals surface area contributed by atoms with E-state index in [-0.39, 0.29) is 34.0 Å². The topological polar surface area (TPSA) is 119 Å². The minimum absolute atomic E-state index is 0.0520. The monoisotopic (exact) mass is 553 g/mol. The lowest BCUT2D eigenvalue weighted by atomic mass is 9.73. The summed E-state index contributed by atoms with van der Waals surface area (Å²) in [4.78, 5) is 32.2. The highest BCUT2D eigenvalue weighted by atomic mass is 32.2. The van der Waals surface area contributed by atoms with Gasteiger partial charge in [-0.05, 0) is 32.9 Å². The van der Waals surface area contributed by atoms with E-state index < -0.39 is 33.9 Å². The molecule has 39 heavy (non-hydrogen) atoms. The van der Waals surface area contributed by atoms with E-state index >= 15 is 8.78 Å². The van der Waals surface area contributed by atoms with Crippen LogP contribution in [0.3, 0.4) is 0 Å². The number of nitrogens with one attached hydrogen (secondary N) is 1. The highest BCUT2D eigenvalue weighted by molar-refractivity contribution is 8.15. The van der Waals surface area contributed by atoms with Crippen LogP contribution in [0, 0.1) is 29.9 Å². The van der Waals surface area contributed by atoms with Gasteiger partial charge in [0.05, 0.1) is 17.3 Å². The number of halogens is 2. The quantitative estimate of drug-likeness (QED) is 0.436. The van der Waals surface area contributed by atoms with E-state index in [1.165, 1.54) is 23.4 Å². The molecule has 204 valence electrons. The summed E-state index contributed by atoms with van der Waals surface area (Å²) in [5, 5.41) is 3.12. The predicted octanol–water partition coefficient (Wildman–Crippen LogP) is 4.21. The first-order valence-electron chi connectivity index (χ1n) is 12.1. The number of pyridine rings is 1. The second-order valence-corrected chi connectivity index (χ2v) is 11.3. The molecule has 0 spiro atoms. The molecule has 2 aromatic heterocycles. The van der Waals surface area contributed by atoms with Crippen LogP contribution in [0.5, 0.6) is 5.88 Å². The molecule has 4 atom stereocenters. The fraction of sp³-hybridized carbons (Fsp3) is 0.370. The summed E-state index contributed by atoms with van der Waals surface area (Å²) in [6.07, 6.45) is 7.77. The lowest BCUT2D eigenvalue weighted by molar-refractivity contribution is -0.132. The Hall–Kier alpha value is -3.98. The van der Waals surface area contributed by atoms with E-state index in [2.05, 4.69) is 31.2 Å². The van der Waals surface area contributed by atoms with E-state index in [0.29, 0.717) is 11.0 Å². The first-order valence-corrected chi connectivity index (χ1v) is 12.9. The van der Waals surface area contributed by atoms with Gasteiger partial charge >= 0.3 is 0 Å². The van der Waals surface area contributed by atoms with Crippen LogP contribution in [-0.2, 0) is 10.3 Å². The fourth-order valence-corrected chi connectivity index (χ4v) is 5.96. The van der Waals surface area contributed by atoms with Crippen molar-refractivity contribution in [3.05, 3.63) is 47.8 Å². The molecule has 0 fully saturated rings. The third kappa shape index (κ3) is 5.06. The normalized spacial score (nSPS) is 23.5. The number of nitrogens with two attached hydrogens (primary N) is 1. The number of carbonyl (C=O) groups is 1. The zero-order valence-corrected chi connectivity index (χ0v) is 23.2. The number of amides is 1. The first-order chi connectivity index (χ1) is 18.3. The molecule has 0 saturated heterocycles. The van der Waals surface area contributed by atoms with Crippen molar-refractivity contribution in [3.8, 4) is 18.2 Å². The molecular formula is C27H29F2N7O2S. The number of nitrogens with zero attached hydrogens (tertiary/aromatic N) is 5. The molecule has 4 rings (SSSR count). The molecule has 0 radical (unpaired) electrons. The molecule has 1 aromatic carbocycles. The molecule has 0 unspecified atom stereocenters. The number of amidine groups is 1. The molecule has 1 aliphatic rings. The maximum Gasteiger partial charge on any atom is 0.238 e. The Bertz CT molecular complexity index is 1530. The number of rotatable bonds is 6. The third-order valence-electron chi connectivity index (χ3n) is 6.97. The Morgan fingerprint density at radius 1 is 1.31 bits per heavy atom. The van der Waals surface area contributed by atoms with Crippen LogP contribution in [0.15, 0.2) is 35.6 Å². The third-order valence-corrected chi connectivity index (χ3v) is 8.22. The first kappa shape index (κ1) is 28.0. The summed E-state index contributed by atoms with van der Waals surface area (Å²) in [6, 6.07) is 4.10. The Labute approximate surface area is 229 Å². The van der Waals surface area contributed by atoms with Crippen LogP contribution in [0.4, 0.5) is 20.3 Å². The summed E-state index contributed by atoms with van der Waals surface area (Å²) in [6.45, 7) is 6.87. The summed E-state index contributed by atoms with van der Waals surface area (Å²) < 4.78 is 34.9. The Balaban J connectivity index is 1.77. The van der Waals surface area contributed by atoms with Gasteiger partial charge in [0.15, 0.2) is 28.7 Å². The number of anilines is 2. The van der Waals surface area contributed by atoms with Crippen LogP contribution in [0.25, 0.3) is 11.0 Å². The van der Waals surface area contributed by atoms with Crippen LogP contribution < -0.4 is 15.8 Å². The minimum atomic E-state index is -1.36. The molecule has 3 aromatic rings. The van der Waals surface area contributed by atoms with Gasteiger partial charge in [0.2, 0.25) is 11.8 Å². The number of fused-ring (bicyclic) bond motifs is 1. The number of terminal acetylenes is 1. The van der Waals surface area contributed by atoms with Gasteiger partial charge in [0, 0.05) is 43.5 Å². The number of hydrogen-bond acceptors (Lipinski definition) is 9. The highest BCUT2D eigenvalue weighted by Crippen LogP contribution is 2.51. The predicted molar refractivity (Wildman–Crippen MR) is 149 cm³/mol. The number of thioether (sulfide) groups is 1. The number of carbonyl (C=O) groups excluding carboxylic acids is 1. The van der Waals surface area contributed by atoms with Crippen LogP contribution >= 0.6 is 11.8 Å². The number of ether oxygens (including phenoxy) is 1. The van der Waals surface area contributed by atoms with Gasteiger partial charge in [0.1, 0.15) is 10.3 Å². The maximum atomic E-state index is 15.4. The van der Waals surface area contributed by atoms with Crippen molar-refractivity contribution < 1.29 is 18.3 Å². The number of aliphatic imine (C=N–C) groups is 1. The van der Waals surface area contributed by atoms with E-state index in [9.17, 15) is 4.79 Å². The molecule has 3 heterocycles. The van der Waals surface area contributed by atoms with Gasteiger partial charge in [-0.25, -0.2) is 23.7 Å². The highest BCUT2D eigenvalue weighted by Gasteiger charge is 2.54. The Kier molecular flexibility index (Phi) is 7.40. The second-order valence-electron chi connectivity index (χ2n) is 9.83. The summed E-state index contributed by atoms with van der Waals surface area (Å²) in [5.74, 6) is 0.0117. The van der Waals surface area contributed by atoms with E-state index in [4.69, 9.17) is 16.9 Å². The zero-order chi connectivity index (χ0) is 28.7. The number of benzene rings is 1. The Morgan fingerprint density at radius 3 is 2.69 bits per heavy atom. The number of aromatic nitrogens is 3. The lowest BCUT2D eigenvalue weighted by Crippen LogP contribution is -2.56. The van der Waals surface area contributed by atoms with Crippen molar-refractivity contribution >= 4 is 45.4 Å². The van der Waals surface area contributed by atoms with Crippen molar-refractivity contribution in [2.45, 2.75) is 44.1 Å². The van der Waals surface area contributed by atoms with Gasteiger partial charge in [-0.15, -0.1) is 6.42 Å². The van der Waals surface area contributed by atoms with Gasteiger partial charge in [-0.3, -0.25) is 9.79 Å². The maximum absolute atomic E-state index is 15.4. The second kappa shape index (κ2) is 10.3. The largest absolute Gasteiger partial charge is 0.460 e.